The topological polar surface area (TPSA) is 80.3 Å². The number of anilines is 1. The summed E-state index contributed by atoms with van der Waals surface area (Å²) in [6.45, 7) is 2.01. The molecule has 1 atom stereocenters. The third-order valence-electron chi connectivity index (χ3n) is 3.89. The van der Waals surface area contributed by atoms with E-state index in [1.165, 1.54) is 25.0 Å². The van der Waals surface area contributed by atoms with Gasteiger partial charge in [0.1, 0.15) is 0 Å². The lowest BCUT2D eigenvalue weighted by Crippen LogP contribution is -2.17. The first-order valence-electron chi connectivity index (χ1n) is 7.38. The van der Waals surface area contributed by atoms with E-state index >= 15 is 0 Å². The lowest BCUT2D eigenvalue weighted by molar-refractivity contribution is 0.597. The number of nitrogens with one attached hydrogen (secondary N) is 1. The van der Waals surface area contributed by atoms with Gasteiger partial charge in [-0.2, -0.15) is 0 Å². The van der Waals surface area contributed by atoms with Crippen molar-refractivity contribution >= 4 is 25.4 Å². The highest BCUT2D eigenvalue weighted by molar-refractivity contribution is 7.91. The fourth-order valence-corrected chi connectivity index (χ4v) is 3.98. The quantitative estimate of drug-likeness (QED) is 0.821. The van der Waals surface area contributed by atoms with Crippen molar-refractivity contribution in [3.8, 4) is 0 Å². The van der Waals surface area contributed by atoms with Gasteiger partial charge in [0, 0.05) is 18.6 Å². The van der Waals surface area contributed by atoms with Crippen molar-refractivity contribution in [2.75, 3.05) is 17.8 Å². The van der Waals surface area contributed by atoms with Crippen LogP contribution >= 0.6 is 0 Å². The van der Waals surface area contributed by atoms with Crippen LogP contribution < -0.4 is 5.32 Å². The lowest BCUT2D eigenvalue weighted by Gasteiger charge is -2.18. The van der Waals surface area contributed by atoms with Gasteiger partial charge in [0.15, 0.2) is 19.7 Å². The first-order chi connectivity index (χ1) is 10.1. The van der Waals surface area contributed by atoms with Gasteiger partial charge >= 0.3 is 0 Å². The number of benzene rings is 1. The minimum absolute atomic E-state index is 0.0177. The molecule has 1 aromatic carbocycles. The third kappa shape index (κ3) is 4.71. The van der Waals surface area contributed by atoms with Gasteiger partial charge in [-0.15, -0.1) is 0 Å². The minimum atomic E-state index is -3.51. The average molecular weight is 345 g/mol. The molecule has 0 amide bonds. The smallest absolute Gasteiger partial charge is 0.177 e. The molecule has 1 aliphatic carbocycles. The molecule has 0 aliphatic heterocycles. The molecule has 1 aliphatic rings. The highest BCUT2D eigenvalue weighted by Crippen LogP contribution is 2.34. The zero-order valence-electron chi connectivity index (χ0n) is 13.2. The highest BCUT2D eigenvalue weighted by atomic mass is 32.2. The Labute approximate surface area is 133 Å². The maximum absolute atomic E-state index is 12.0. The first kappa shape index (κ1) is 17.3. The minimum Gasteiger partial charge on any atom is -0.382 e. The first-order valence-corrected chi connectivity index (χ1v) is 11.2. The van der Waals surface area contributed by atoms with Gasteiger partial charge in [0.2, 0.25) is 0 Å². The molecule has 1 unspecified atom stereocenters. The molecular weight excluding hydrogens is 322 g/mol. The Balaban J connectivity index is 2.25. The fourth-order valence-electron chi connectivity index (χ4n) is 2.39. The fraction of sp³-hybridized carbons (Fsp3) is 0.600. The van der Waals surface area contributed by atoms with E-state index in [1.54, 1.807) is 6.07 Å². The summed E-state index contributed by atoms with van der Waals surface area (Å²) in [5.74, 6) is 0.825. The molecule has 1 N–H and O–H groups in total. The number of rotatable bonds is 7. The van der Waals surface area contributed by atoms with Crippen LogP contribution in [0, 0.1) is 5.92 Å². The van der Waals surface area contributed by atoms with Crippen molar-refractivity contribution in [3.05, 3.63) is 18.2 Å². The molecule has 0 aromatic heterocycles. The van der Waals surface area contributed by atoms with Crippen molar-refractivity contribution in [2.24, 2.45) is 5.92 Å². The average Bonchev–Trinajstić information content (AvgIpc) is 3.18. The van der Waals surface area contributed by atoms with E-state index < -0.39 is 19.7 Å². The van der Waals surface area contributed by atoms with Gasteiger partial charge in [0.05, 0.1) is 15.5 Å². The summed E-state index contributed by atoms with van der Waals surface area (Å²) in [6, 6.07) is 4.37. The van der Waals surface area contributed by atoms with Crippen LogP contribution in [0.5, 0.6) is 0 Å². The summed E-state index contributed by atoms with van der Waals surface area (Å²) in [6.07, 6.45) is 6.87. The van der Waals surface area contributed by atoms with Crippen LogP contribution in [-0.4, -0.2) is 35.4 Å². The van der Waals surface area contributed by atoms with E-state index in [9.17, 15) is 16.8 Å². The Hall–Kier alpha value is -1.08. The molecular formula is C15H23NO4S2. The molecule has 0 radical (unpaired) electrons. The largest absolute Gasteiger partial charge is 0.382 e. The Kier molecular flexibility index (Phi) is 4.87. The highest BCUT2D eigenvalue weighted by Gasteiger charge is 2.22. The second-order valence-corrected chi connectivity index (χ2v) is 10.3. The third-order valence-corrected chi connectivity index (χ3v) is 6.13. The Morgan fingerprint density at radius 1 is 1.14 bits per heavy atom. The number of sulfone groups is 2. The van der Waals surface area contributed by atoms with Gasteiger partial charge in [0.25, 0.3) is 0 Å². The van der Waals surface area contributed by atoms with E-state index in [1.807, 2.05) is 6.92 Å². The van der Waals surface area contributed by atoms with Gasteiger partial charge in [-0.1, -0.05) is 12.8 Å². The summed E-state index contributed by atoms with van der Waals surface area (Å²) in [4.78, 5) is 0.0535. The van der Waals surface area contributed by atoms with E-state index in [2.05, 4.69) is 5.32 Å². The molecule has 0 saturated heterocycles. The van der Waals surface area contributed by atoms with Crippen molar-refractivity contribution in [1.82, 2.24) is 0 Å². The molecule has 0 spiro atoms. The molecule has 0 bridgehead atoms. The van der Waals surface area contributed by atoms with Gasteiger partial charge in [-0.3, -0.25) is 0 Å². The standard InChI is InChI=1S/C15H23NO4S2/c1-11(4-5-12-6-7-12)16-14-9-8-13(21(2,17)18)10-15(14)22(3,19)20/h8-12,16H,4-7H2,1-3H3. The molecule has 1 aromatic rings. The maximum Gasteiger partial charge on any atom is 0.177 e. The Bertz CT molecular complexity index is 750. The molecule has 1 fully saturated rings. The van der Waals surface area contributed by atoms with E-state index in [0.717, 1.165) is 31.3 Å². The van der Waals surface area contributed by atoms with Crippen LogP contribution in [-0.2, 0) is 19.7 Å². The normalized spacial score (nSPS) is 17.2. The van der Waals surface area contributed by atoms with Crippen LogP contribution in [0.2, 0.25) is 0 Å². The summed E-state index contributed by atoms with van der Waals surface area (Å²) >= 11 is 0. The number of hydrogen-bond donors (Lipinski definition) is 1. The molecule has 7 heteroatoms. The van der Waals surface area contributed by atoms with E-state index in [-0.39, 0.29) is 15.8 Å². The van der Waals surface area contributed by atoms with Crippen molar-refractivity contribution < 1.29 is 16.8 Å². The maximum atomic E-state index is 12.0. The Morgan fingerprint density at radius 3 is 2.27 bits per heavy atom. The van der Waals surface area contributed by atoms with Crippen LogP contribution in [0.15, 0.2) is 28.0 Å². The van der Waals surface area contributed by atoms with Gasteiger partial charge in [-0.05, 0) is 43.9 Å². The molecule has 2 rings (SSSR count). The second-order valence-electron chi connectivity index (χ2n) is 6.27. The lowest BCUT2D eigenvalue weighted by atomic mass is 10.1. The van der Waals surface area contributed by atoms with Gasteiger partial charge in [-0.25, -0.2) is 16.8 Å². The van der Waals surface area contributed by atoms with Crippen molar-refractivity contribution in [1.29, 1.82) is 0 Å². The van der Waals surface area contributed by atoms with Crippen LogP contribution in [0.25, 0.3) is 0 Å². The zero-order chi connectivity index (χ0) is 16.5. The predicted octanol–water partition coefficient (Wildman–Crippen LogP) is 2.48. The van der Waals surface area contributed by atoms with Gasteiger partial charge < -0.3 is 5.32 Å². The summed E-state index contributed by atoms with van der Waals surface area (Å²) in [7, 11) is -6.94. The Morgan fingerprint density at radius 2 is 1.77 bits per heavy atom. The summed E-state index contributed by atoms with van der Waals surface area (Å²) in [5.41, 5.74) is 0.471. The monoisotopic (exact) mass is 345 g/mol. The van der Waals surface area contributed by atoms with Crippen molar-refractivity contribution in [2.45, 2.75) is 48.4 Å². The number of hydrogen-bond acceptors (Lipinski definition) is 5. The van der Waals surface area contributed by atoms with Crippen LogP contribution in [0.1, 0.15) is 32.6 Å². The SMILES string of the molecule is CC(CCC1CC1)Nc1ccc(S(C)(=O)=O)cc1S(C)(=O)=O. The second kappa shape index (κ2) is 6.20. The molecule has 5 nitrogen and oxygen atoms in total. The van der Waals surface area contributed by atoms with Crippen LogP contribution in [0.3, 0.4) is 0 Å². The van der Waals surface area contributed by atoms with E-state index in [0.29, 0.717) is 5.69 Å². The van der Waals surface area contributed by atoms with E-state index in [4.69, 9.17) is 0 Å². The zero-order valence-corrected chi connectivity index (χ0v) is 14.8. The molecule has 124 valence electrons. The molecule has 1 saturated carbocycles. The summed E-state index contributed by atoms with van der Waals surface area (Å²) < 4.78 is 47.1. The molecule has 22 heavy (non-hydrogen) atoms. The van der Waals surface area contributed by atoms with Crippen LogP contribution in [0.4, 0.5) is 5.69 Å². The molecule has 0 heterocycles. The summed E-state index contributed by atoms with van der Waals surface area (Å²) in [5, 5.41) is 3.20. The predicted molar refractivity (Wildman–Crippen MR) is 87.7 cm³/mol. The van der Waals surface area contributed by atoms with Crippen molar-refractivity contribution in [3.63, 3.8) is 0 Å².